The van der Waals surface area contributed by atoms with E-state index >= 15 is 0 Å². The highest BCUT2D eigenvalue weighted by Gasteiger charge is 2.30. The fourth-order valence-electron chi connectivity index (χ4n) is 3.49. The topological polar surface area (TPSA) is 78.9 Å². The second-order valence-corrected chi connectivity index (χ2v) is 7.68. The number of rotatable bonds is 12. The smallest absolute Gasteiger partial charge is 0.261 e. The molecule has 3 aromatic carbocycles. The molecule has 172 valence electrons. The fourth-order valence-corrected chi connectivity index (χ4v) is 3.49. The van der Waals surface area contributed by atoms with Crippen LogP contribution in [0.3, 0.4) is 0 Å². The van der Waals surface area contributed by atoms with Gasteiger partial charge in [-0.3, -0.25) is 9.59 Å². The third-order valence-electron chi connectivity index (χ3n) is 5.21. The molecule has 0 radical (unpaired) electrons. The van der Waals surface area contributed by atoms with Crippen LogP contribution in [0, 0.1) is 0 Å². The number of nitrogens with zero attached hydrogens (tertiary/aromatic N) is 1. The summed E-state index contributed by atoms with van der Waals surface area (Å²) < 4.78 is 5.71. The Morgan fingerprint density at radius 1 is 0.848 bits per heavy atom. The van der Waals surface area contributed by atoms with Gasteiger partial charge in [0.1, 0.15) is 11.8 Å². The van der Waals surface area contributed by atoms with Gasteiger partial charge in [0, 0.05) is 26.1 Å². The molecule has 0 aliphatic carbocycles. The van der Waals surface area contributed by atoms with Crippen molar-refractivity contribution in [3.05, 3.63) is 102 Å². The summed E-state index contributed by atoms with van der Waals surface area (Å²) in [5.74, 6) is 0.0646. The molecule has 2 N–H and O–H groups in total. The van der Waals surface area contributed by atoms with Crippen LogP contribution in [-0.2, 0) is 22.6 Å². The van der Waals surface area contributed by atoms with Crippen molar-refractivity contribution in [2.24, 2.45) is 0 Å². The summed E-state index contributed by atoms with van der Waals surface area (Å²) in [7, 11) is 0. The van der Waals surface area contributed by atoms with Gasteiger partial charge in [-0.15, -0.1) is 0 Å². The van der Waals surface area contributed by atoms with Crippen molar-refractivity contribution < 1.29 is 19.4 Å². The van der Waals surface area contributed by atoms with Crippen LogP contribution in [0.1, 0.15) is 17.5 Å². The number of benzene rings is 3. The number of hydrogen-bond donors (Lipinski definition) is 2. The molecule has 0 fully saturated rings. The molecule has 0 heterocycles. The van der Waals surface area contributed by atoms with Gasteiger partial charge < -0.3 is 20.1 Å². The van der Waals surface area contributed by atoms with Crippen LogP contribution in [0.2, 0.25) is 0 Å². The summed E-state index contributed by atoms with van der Waals surface area (Å²) in [6, 6.07) is 27.6. The molecule has 0 aromatic heterocycles. The quantitative estimate of drug-likeness (QED) is 0.419. The lowest BCUT2D eigenvalue weighted by Crippen LogP contribution is -2.51. The third kappa shape index (κ3) is 7.77. The number of nitrogens with one attached hydrogen (secondary N) is 1. The highest BCUT2D eigenvalue weighted by molar-refractivity contribution is 5.88. The van der Waals surface area contributed by atoms with Crippen LogP contribution in [0.5, 0.6) is 5.75 Å². The number of aliphatic hydroxyl groups excluding tert-OH is 1. The number of aliphatic hydroxyl groups is 1. The van der Waals surface area contributed by atoms with Crippen LogP contribution < -0.4 is 10.1 Å². The maximum atomic E-state index is 13.4. The summed E-state index contributed by atoms with van der Waals surface area (Å²) in [6.45, 7) is 0.435. The predicted octanol–water partition coefficient (Wildman–Crippen LogP) is 3.20. The van der Waals surface area contributed by atoms with E-state index in [0.717, 1.165) is 11.1 Å². The monoisotopic (exact) mass is 446 g/mol. The molecule has 3 rings (SSSR count). The van der Waals surface area contributed by atoms with Crippen molar-refractivity contribution in [1.82, 2.24) is 10.2 Å². The molecule has 0 saturated carbocycles. The van der Waals surface area contributed by atoms with E-state index in [1.165, 1.54) is 0 Å². The summed E-state index contributed by atoms with van der Waals surface area (Å²) in [5, 5.41) is 12.0. The third-order valence-corrected chi connectivity index (χ3v) is 5.21. The van der Waals surface area contributed by atoms with Gasteiger partial charge in [0.2, 0.25) is 5.91 Å². The highest BCUT2D eigenvalue weighted by Crippen LogP contribution is 2.16. The Balaban J connectivity index is 1.85. The van der Waals surface area contributed by atoms with E-state index in [0.29, 0.717) is 25.1 Å². The average Bonchev–Trinajstić information content (AvgIpc) is 2.86. The molecule has 33 heavy (non-hydrogen) atoms. The second kappa shape index (κ2) is 13.0. The zero-order valence-electron chi connectivity index (χ0n) is 18.6. The van der Waals surface area contributed by atoms with Crippen molar-refractivity contribution in [2.45, 2.75) is 25.4 Å². The van der Waals surface area contributed by atoms with Gasteiger partial charge in [-0.25, -0.2) is 0 Å². The first-order valence-corrected chi connectivity index (χ1v) is 11.1. The van der Waals surface area contributed by atoms with Gasteiger partial charge >= 0.3 is 0 Å². The standard InChI is InChI=1S/C27H30N2O4/c30-18-10-17-28-27(32)25(19-22-11-4-1-5-12-22)29(20-23-13-6-2-7-14-23)26(31)21-33-24-15-8-3-9-16-24/h1-9,11-16,25,30H,10,17-21H2,(H,28,32)/t25-/m1/s1. The van der Waals surface area contributed by atoms with E-state index in [9.17, 15) is 9.59 Å². The molecule has 2 amide bonds. The van der Waals surface area contributed by atoms with Crippen molar-refractivity contribution >= 4 is 11.8 Å². The Bertz CT molecular complexity index is 981. The summed E-state index contributed by atoms with van der Waals surface area (Å²) >= 11 is 0. The Morgan fingerprint density at radius 2 is 1.42 bits per heavy atom. The number of carbonyl (C=O) groups is 2. The SMILES string of the molecule is O=C(NCCCO)[C@@H](Cc1ccccc1)N(Cc1ccccc1)C(=O)COc1ccccc1. The predicted molar refractivity (Wildman–Crippen MR) is 128 cm³/mol. The van der Waals surface area contributed by atoms with Crippen molar-refractivity contribution in [3.8, 4) is 5.75 Å². The Kier molecular flexibility index (Phi) is 9.48. The van der Waals surface area contributed by atoms with Crippen molar-refractivity contribution in [2.75, 3.05) is 19.8 Å². The van der Waals surface area contributed by atoms with Crippen molar-refractivity contribution in [1.29, 1.82) is 0 Å². The molecule has 6 nitrogen and oxygen atoms in total. The molecule has 0 aliphatic heterocycles. The van der Waals surface area contributed by atoms with Crippen LogP contribution >= 0.6 is 0 Å². The van der Waals surface area contributed by atoms with Crippen LogP contribution in [0.15, 0.2) is 91.0 Å². The zero-order chi connectivity index (χ0) is 23.3. The van der Waals surface area contributed by atoms with E-state index in [-0.39, 0.29) is 31.6 Å². The lowest BCUT2D eigenvalue weighted by molar-refractivity contribution is -0.142. The highest BCUT2D eigenvalue weighted by atomic mass is 16.5. The first kappa shape index (κ1) is 24.0. The molecule has 0 spiro atoms. The minimum atomic E-state index is -0.724. The minimum Gasteiger partial charge on any atom is -0.484 e. The van der Waals surface area contributed by atoms with Gasteiger partial charge in [-0.2, -0.15) is 0 Å². The summed E-state index contributed by atoms with van der Waals surface area (Å²) in [5.41, 5.74) is 1.88. The van der Waals surface area contributed by atoms with Gasteiger partial charge in [0.15, 0.2) is 6.61 Å². The van der Waals surface area contributed by atoms with Gasteiger partial charge in [0.05, 0.1) is 0 Å². The number of ether oxygens (including phenoxy) is 1. The van der Waals surface area contributed by atoms with Gasteiger partial charge in [-0.1, -0.05) is 78.9 Å². The molecule has 0 bridgehead atoms. The lowest BCUT2D eigenvalue weighted by atomic mass is 10.0. The summed E-state index contributed by atoms with van der Waals surface area (Å²) in [6.07, 6.45) is 0.823. The molecule has 0 unspecified atom stereocenters. The first-order chi connectivity index (χ1) is 16.2. The Labute approximate surface area is 194 Å². The first-order valence-electron chi connectivity index (χ1n) is 11.1. The number of carbonyl (C=O) groups excluding carboxylic acids is 2. The normalized spacial score (nSPS) is 11.4. The molecular weight excluding hydrogens is 416 g/mol. The van der Waals surface area contributed by atoms with Crippen molar-refractivity contribution in [3.63, 3.8) is 0 Å². The van der Waals surface area contributed by atoms with Gasteiger partial charge in [-0.05, 0) is 29.7 Å². The van der Waals surface area contributed by atoms with E-state index in [1.807, 2.05) is 78.9 Å². The molecule has 0 saturated heterocycles. The van der Waals surface area contributed by atoms with E-state index < -0.39 is 6.04 Å². The van der Waals surface area contributed by atoms with Gasteiger partial charge in [0.25, 0.3) is 5.91 Å². The zero-order valence-corrected chi connectivity index (χ0v) is 18.6. The van der Waals surface area contributed by atoms with E-state index in [1.54, 1.807) is 17.0 Å². The second-order valence-electron chi connectivity index (χ2n) is 7.68. The summed E-state index contributed by atoms with van der Waals surface area (Å²) in [4.78, 5) is 28.2. The maximum Gasteiger partial charge on any atom is 0.261 e. The number of para-hydroxylation sites is 1. The molecule has 1 atom stereocenters. The van der Waals surface area contributed by atoms with Crippen LogP contribution in [-0.4, -0.2) is 47.6 Å². The van der Waals surface area contributed by atoms with E-state index in [2.05, 4.69) is 5.32 Å². The molecule has 3 aromatic rings. The van der Waals surface area contributed by atoms with Crippen LogP contribution in [0.4, 0.5) is 0 Å². The Hall–Kier alpha value is -3.64. The Morgan fingerprint density at radius 3 is 2.03 bits per heavy atom. The maximum absolute atomic E-state index is 13.4. The number of hydrogen-bond acceptors (Lipinski definition) is 4. The van der Waals surface area contributed by atoms with Crippen LogP contribution in [0.25, 0.3) is 0 Å². The lowest BCUT2D eigenvalue weighted by Gasteiger charge is -2.31. The molecule has 0 aliphatic rings. The largest absolute Gasteiger partial charge is 0.484 e. The van der Waals surface area contributed by atoms with E-state index in [4.69, 9.17) is 9.84 Å². The fraction of sp³-hybridized carbons (Fsp3) is 0.259. The molecular formula is C27H30N2O4. The molecule has 6 heteroatoms. The number of amides is 2. The average molecular weight is 447 g/mol. The minimum absolute atomic E-state index is 0.0127.